The highest BCUT2D eigenvalue weighted by molar-refractivity contribution is 7.92. The molecule has 32 heavy (non-hydrogen) atoms. The Morgan fingerprint density at radius 2 is 1.88 bits per heavy atom. The van der Waals surface area contributed by atoms with Gasteiger partial charge in [-0.3, -0.25) is 9.52 Å². The molecule has 1 aliphatic rings. The van der Waals surface area contributed by atoms with Gasteiger partial charge in [0.1, 0.15) is 12.4 Å². The monoisotopic (exact) mass is 461 g/mol. The number of likely N-dealkylation sites (N-methyl/N-ethyl adjacent to an activating group) is 1. The van der Waals surface area contributed by atoms with E-state index in [9.17, 15) is 13.2 Å². The van der Waals surface area contributed by atoms with Gasteiger partial charge in [-0.1, -0.05) is 25.1 Å². The zero-order chi connectivity index (χ0) is 23.3. The van der Waals surface area contributed by atoms with Crippen molar-refractivity contribution in [3.05, 3.63) is 54.1 Å². The number of fused-ring (bicyclic) bond motifs is 1. The van der Waals surface area contributed by atoms with Crippen LogP contribution in [0.1, 0.15) is 24.2 Å². The Morgan fingerprint density at radius 3 is 2.56 bits per heavy atom. The minimum Gasteiger partial charge on any atom is -0.491 e. The molecule has 3 rings (SSSR count). The average molecular weight is 462 g/mol. The third-order valence-corrected chi connectivity index (χ3v) is 6.93. The molecule has 8 nitrogen and oxygen atoms in total. The van der Waals surface area contributed by atoms with Crippen LogP contribution in [0.5, 0.6) is 5.75 Å². The molecule has 0 aliphatic carbocycles. The van der Waals surface area contributed by atoms with Gasteiger partial charge in [0.15, 0.2) is 0 Å². The van der Waals surface area contributed by atoms with Gasteiger partial charge in [-0.25, -0.2) is 8.42 Å². The molecule has 3 atom stereocenters. The van der Waals surface area contributed by atoms with Gasteiger partial charge < -0.3 is 19.7 Å². The zero-order valence-electron chi connectivity index (χ0n) is 18.9. The van der Waals surface area contributed by atoms with Crippen LogP contribution in [0.15, 0.2) is 53.4 Å². The normalized spacial score (nSPS) is 22.8. The van der Waals surface area contributed by atoms with Crippen LogP contribution in [-0.2, 0) is 14.8 Å². The predicted molar refractivity (Wildman–Crippen MR) is 124 cm³/mol. The van der Waals surface area contributed by atoms with Gasteiger partial charge in [-0.2, -0.15) is 0 Å². The molecule has 0 fully saturated rings. The second-order valence-electron chi connectivity index (χ2n) is 8.19. The van der Waals surface area contributed by atoms with Crippen LogP contribution in [0, 0.1) is 5.92 Å². The van der Waals surface area contributed by atoms with E-state index in [2.05, 4.69) is 17.0 Å². The Bertz CT molecular complexity index is 1030. The molecule has 0 saturated carbocycles. The van der Waals surface area contributed by atoms with Crippen molar-refractivity contribution in [2.24, 2.45) is 5.92 Å². The van der Waals surface area contributed by atoms with Crippen LogP contribution in [0.2, 0.25) is 0 Å². The number of hydrogen-bond donors (Lipinski definition) is 2. The molecular weight excluding hydrogens is 430 g/mol. The maximum atomic E-state index is 13.3. The number of benzene rings is 2. The fraction of sp³-hybridized carbons (Fsp3) is 0.435. The summed E-state index contributed by atoms with van der Waals surface area (Å²) in [5, 5.41) is 3.43. The first kappa shape index (κ1) is 24.0. The lowest BCUT2D eigenvalue weighted by Crippen LogP contribution is -2.44. The van der Waals surface area contributed by atoms with Crippen molar-refractivity contribution in [1.29, 1.82) is 0 Å². The lowest BCUT2D eigenvalue weighted by molar-refractivity contribution is 0.0281. The van der Waals surface area contributed by atoms with E-state index in [1.807, 2.05) is 6.92 Å². The van der Waals surface area contributed by atoms with Crippen LogP contribution >= 0.6 is 0 Å². The Balaban J connectivity index is 1.93. The molecule has 174 valence electrons. The molecule has 0 saturated heterocycles. The van der Waals surface area contributed by atoms with Crippen LogP contribution < -0.4 is 14.8 Å². The fourth-order valence-corrected chi connectivity index (χ4v) is 4.61. The van der Waals surface area contributed by atoms with Gasteiger partial charge in [0.2, 0.25) is 0 Å². The Kier molecular flexibility index (Phi) is 7.76. The molecule has 1 amide bonds. The van der Waals surface area contributed by atoms with Gasteiger partial charge in [0, 0.05) is 39.0 Å². The Labute approximate surface area is 190 Å². The fourth-order valence-electron chi connectivity index (χ4n) is 3.54. The number of sulfonamides is 1. The third kappa shape index (κ3) is 5.79. The van der Waals surface area contributed by atoms with E-state index < -0.39 is 10.0 Å². The highest BCUT2D eigenvalue weighted by atomic mass is 32.2. The van der Waals surface area contributed by atoms with Crippen molar-refractivity contribution in [1.82, 2.24) is 10.2 Å². The number of anilines is 1. The summed E-state index contributed by atoms with van der Waals surface area (Å²) in [4.78, 5) is 15.0. The van der Waals surface area contributed by atoms with Crippen molar-refractivity contribution in [2.75, 3.05) is 38.6 Å². The summed E-state index contributed by atoms with van der Waals surface area (Å²) in [6.45, 7) is 5.58. The molecule has 0 spiro atoms. The summed E-state index contributed by atoms with van der Waals surface area (Å²) in [5.74, 6) is 0.317. The smallest absolute Gasteiger partial charge is 0.261 e. The molecule has 0 unspecified atom stereocenters. The van der Waals surface area contributed by atoms with Gasteiger partial charge in [0.05, 0.1) is 16.6 Å². The van der Waals surface area contributed by atoms with Crippen molar-refractivity contribution >= 4 is 21.6 Å². The molecule has 2 N–H and O–H groups in total. The van der Waals surface area contributed by atoms with Crippen LogP contribution in [0.3, 0.4) is 0 Å². The maximum absolute atomic E-state index is 13.3. The number of hydrogen-bond acceptors (Lipinski definition) is 6. The molecule has 0 bridgehead atoms. The second-order valence-corrected chi connectivity index (χ2v) is 9.87. The van der Waals surface area contributed by atoms with E-state index >= 15 is 0 Å². The van der Waals surface area contributed by atoms with E-state index in [0.29, 0.717) is 18.9 Å². The largest absolute Gasteiger partial charge is 0.491 e. The SMILES string of the molecule is CO[C@H]1CN(C)C(=O)c2cc(NS(=O)(=O)c3ccccc3)ccc2OC[C@@H](C)NC[C@@H]1C. The molecular formula is C23H31N3O5S. The highest BCUT2D eigenvalue weighted by Gasteiger charge is 2.26. The minimum atomic E-state index is -3.79. The quantitative estimate of drug-likeness (QED) is 0.727. The topological polar surface area (TPSA) is 97.0 Å². The van der Waals surface area contributed by atoms with Gasteiger partial charge >= 0.3 is 0 Å². The van der Waals surface area contributed by atoms with E-state index in [1.165, 1.54) is 18.2 Å². The molecule has 2 aromatic rings. The first-order valence-electron chi connectivity index (χ1n) is 10.6. The Morgan fingerprint density at radius 1 is 1.16 bits per heavy atom. The summed E-state index contributed by atoms with van der Waals surface area (Å²) >= 11 is 0. The van der Waals surface area contributed by atoms with Crippen LogP contribution in [0.4, 0.5) is 5.69 Å². The number of methoxy groups -OCH3 is 1. The van der Waals surface area contributed by atoms with Gasteiger partial charge in [-0.05, 0) is 43.2 Å². The van der Waals surface area contributed by atoms with Crippen molar-refractivity contribution in [3.8, 4) is 5.75 Å². The summed E-state index contributed by atoms with van der Waals surface area (Å²) in [6, 6.07) is 12.9. The maximum Gasteiger partial charge on any atom is 0.261 e. The van der Waals surface area contributed by atoms with E-state index in [1.54, 1.807) is 49.4 Å². The minimum absolute atomic E-state index is 0.0614. The lowest BCUT2D eigenvalue weighted by atomic mass is 10.0. The summed E-state index contributed by atoms with van der Waals surface area (Å²) < 4.78 is 39.6. The number of nitrogens with zero attached hydrogens (tertiary/aromatic N) is 1. The van der Waals surface area contributed by atoms with Crippen molar-refractivity contribution in [3.63, 3.8) is 0 Å². The second kappa shape index (κ2) is 10.3. The first-order valence-corrected chi connectivity index (χ1v) is 12.1. The zero-order valence-corrected chi connectivity index (χ0v) is 19.7. The summed E-state index contributed by atoms with van der Waals surface area (Å²) in [7, 11) is -0.442. The van der Waals surface area contributed by atoms with Crippen LogP contribution in [0.25, 0.3) is 0 Å². The average Bonchev–Trinajstić information content (AvgIpc) is 2.79. The van der Waals surface area contributed by atoms with Gasteiger partial charge in [0.25, 0.3) is 15.9 Å². The molecule has 1 aliphatic heterocycles. The Hall–Kier alpha value is -2.62. The van der Waals surface area contributed by atoms with E-state index in [-0.39, 0.29) is 40.1 Å². The summed E-state index contributed by atoms with van der Waals surface area (Å²) in [6.07, 6.45) is -0.146. The number of carbonyl (C=O) groups excluding carboxylic acids is 1. The molecule has 0 aromatic heterocycles. The first-order chi connectivity index (χ1) is 15.2. The van der Waals surface area contributed by atoms with Gasteiger partial charge in [-0.15, -0.1) is 0 Å². The van der Waals surface area contributed by atoms with Crippen molar-refractivity contribution < 1.29 is 22.7 Å². The molecule has 0 radical (unpaired) electrons. The predicted octanol–water partition coefficient (Wildman–Crippen LogP) is 2.58. The third-order valence-electron chi connectivity index (χ3n) is 5.53. The summed E-state index contributed by atoms with van der Waals surface area (Å²) in [5.41, 5.74) is 0.573. The number of ether oxygens (including phenoxy) is 2. The molecule has 9 heteroatoms. The number of nitrogens with one attached hydrogen (secondary N) is 2. The van der Waals surface area contributed by atoms with Crippen molar-refractivity contribution in [2.45, 2.75) is 30.9 Å². The number of rotatable bonds is 4. The molecule has 1 heterocycles. The number of carbonyl (C=O) groups is 1. The van der Waals surface area contributed by atoms with E-state index in [0.717, 1.165) is 6.54 Å². The molecule has 2 aromatic carbocycles. The lowest BCUT2D eigenvalue weighted by Gasteiger charge is -2.30. The van der Waals surface area contributed by atoms with Crippen LogP contribution in [-0.4, -0.2) is 65.2 Å². The standard InChI is InChI=1S/C23H31N3O5S/c1-16-13-24-17(2)15-31-21-11-10-18(25-32(28,29)19-8-6-5-7-9-19)12-20(21)23(27)26(3)14-22(16)30-4/h5-12,16-17,22,24-25H,13-15H2,1-4H3/t16-,17+,22-/m0/s1. The number of amides is 1. The van der Waals surface area contributed by atoms with E-state index in [4.69, 9.17) is 9.47 Å². The highest BCUT2D eigenvalue weighted by Crippen LogP contribution is 2.27.